The second-order valence-corrected chi connectivity index (χ2v) is 19.7. The summed E-state index contributed by atoms with van der Waals surface area (Å²) >= 11 is 0. The molecule has 1 aliphatic rings. The van der Waals surface area contributed by atoms with Gasteiger partial charge >= 0.3 is 0 Å². The van der Waals surface area contributed by atoms with E-state index < -0.39 is 49.5 Å². The highest BCUT2D eigenvalue weighted by atomic mass is 16.7. The van der Waals surface area contributed by atoms with E-state index in [-0.39, 0.29) is 12.5 Å². The van der Waals surface area contributed by atoms with Crippen molar-refractivity contribution in [3.05, 3.63) is 36.5 Å². The Labute approximate surface area is 406 Å². The zero-order chi connectivity index (χ0) is 48.0. The third kappa shape index (κ3) is 36.4. The van der Waals surface area contributed by atoms with Gasteiger partial charge in [-0.1, -0.05) is 249 Å². The third-order valence-electron chi connectivity index (χ3n) is 13.4. The largest absolute Gasteiger partial charge is 0.394 e. The summed E-state index contributed by atoms with van der Waals surface area (Å²) in [5.74, 6) is -0.187. The van der Waals surface area contributed by atoms with Crippen molar-refractivity contribution in [2.24, 2.45) is 0 Å². The molecule has 0 spiro atoms. The van der Waals surface area contributed by atoms with Crippen molar-refractivity contribution in [2.75, 3.05) is 13.2 Å². The van der Waals surface area contributed by atoms with Crippen LogP contribution in [0.1, 0.15) is 264 Å². The number of aliphatic hydroxyl groups excluding tert-OH is 5. The third-order valence-corrected chi connectivity index (χ3v) is 13.4. The topological polar surface area (TPSA) is 149 Å². The van der Waals surface area contributed by atoms with Crippen molar-refractivity contribution in [3.8, 4) is 0 Å². The van der Waals surface area contributed by atoms with Crippen molar-refractivity contribution < 1.29 is 39.8 Å². The molecule has 1 rings (SSSR count). The quantitative estimate of drug-likeness (QED) is 0.0261. The van der Waals surface area contributed by atoms with E-state index >= 15 is 0 Å². The fourth-order valence-corrected chi connectivity index (χ4v) is 8.96. The number of hydrogen-bond acceptors (Lipinski definition) is 8. The lowest BCUT2D eigenvalue weighted by atomic mass is 9.99. The summed E-state index contributed by atoms with van der Waals surface area (Å²) in [7, 11) is 0. The van der Waals surface area contributed by atoms with Crippen LogP contribution in [0.15, 0.2) is 36.5 Å². The molecule has 1 saturated heterocycles. The fourth-order valence-electron chi connectivity index (χ4n) is 8.96. The summed E-state index contributed by atoms with van der Waals surface area (Å²) in [6, 6.07) is -0.826. The van der Waals surface area contributed by atoms with Crippen LogP contribution in [0, 0.1) is 0 Å². The van der Waals surface area contributed by atoms with Gasteiger partial charge in [-0.25, -0.2) is 0 Å². The average Bonchev–Trinajstić information content (AvgIpc) is 3.32. The molecule has 0 saturated carbocycles. The maximum absolute atomic E-state index is 13.0. The van der Waals surface area contributed by atoms with E-state index in [9.17, 15) is 30.3 Å². The lowest BCUT2D eigenvalue weighted by Gasteiger charge is -2.40. The van der Waals surface area contributed by atoms with Gasteiger partial charge in [0.2, 0.25) is 5.91 Å². The minimum Gasteiger partial charge on any atom is -0.394 e. The molecule has 7 unspecified atom stereocenters. The van der Waals surface area contributed by atoms with Crippen molar-refractivity contribution in [1.82, 2.24) is 5.32 Å². The summed E-state index contributed by atoms with van der Waals surface area (Å²) in [5.41, 5.74) is 0. The number of ether oxygens (including phenoxy) is 2. The Hall–Kier alpha value is -1.59. The number of unbranched alkanes of at least 4 members (excludes halogenated alkanes) is 34. The SMILES string of the molecule is CCCCCCCCCCCCCCCCCC/C=C/CC/C=C/CC/C=C/C(O)C(COC1OC(CO)C(O)C(O)C1O)NC(=O)CCCCCCCCCCCCCCCCCCC. The first kappa shape index (κ1) is 62.4. The van der Waals surface area contributed by atoms with Crippen LogP contribution in [0.3, 0.4) is 0 Å². The molecule has 9 nitrogen and oxygen atoms in total. The molecule has 0 aliphatic carbocycles. The van der Waals surface area contributed by atoms with Crippen molar-refractivity contribution in [2.45, 2.75) is 307 Å². The summed E-state index contributed by atoms with van der Waals surface area (Å²) < 4.78 is 11.2. The molecule has 0 aromatic carbocycles. The number of aliphatic hydroxyl groups is 5. The Morgan fingerprint density at radius 2 is 0.864 bits per heavy atom. The van der Waals surface area contributed by atoms with Gasteiger partial charge in [-0.15, -0.1) is 0 Å². The number of hydrogen-bond donors (Lipinski definition) is 6. The smallest absolute Gasteiger partial charge is 0.220 e. The van der Waals surface area contributed by atoms with E-state index in [0.717, 1.165) is 44.9 Å². The first-order chi connectivity index (χ1) is 32.3. The minimum absolute atomic E-state index is 0.187. The highest BCUT2D eigenvalue weighted by molar-refractivity contribution is 5.76. The summed E-state index contributed by atoms with van der Waals surface area (Å²) in [5, 5.41) is 54.4. The molecule has 0 radical (unpaired) electrons. The van der Waals surface area contributed by atoms with Crippen LogP contribution in [0.4, 0.5) is 0 Å². The minimum atomic E-state index is -1.57. The van der Waals surface area contributed by atoms with E-state index in [1.165, 1.54) is 199 Å². The molecule has 1 aliphatic heterocycles. The van der Waals surface area contributed by atoms with Gasteiger partial charge in [-0.3, -0.25) is 4.79 Å². The Morgan fingerprint density at radius 1 is 0.500 bits per heavy atom. The van der Waals surface area contributed by atoms with Crippen LogP contribution in [0.25, 0.3) is 0 Å². The van der Waals surface area contributed by atoms with Crippen molar-refractivity contribution in [3.63, 3.8) is 0 Å². The zero-order valence-corrected chi connectivity index (χ0v) is 43.0. The van der Waals surface area contributed by atoms with E-state index in [1.54, 1.807) is 6.08 Å². The molecule has 9 heteroatoms. The van der Waals surface area contributed by atoms with Gasteiger partial charge in [0, 0.05) is 6.42 Å². The van der Waals surface area contributed by atoms with Crippen molar-refractivity contribution >= 4 is 5.91 Å². The Morgan fingerprint density at radius 3 is 1.27 bits per heavy atom. The molecule has 1 amide bonds. The van der Waals surface area contributed by atoms with Crippen LogP contribution in [-0.4, -0.2) is 87.5 Å². The second-order valence-electron chi connectivity index (χ2n) is 19.7. The maximum atomic E-state index is 13.0. The van der Waals surface area contributed by atoms with Crippen LogP contribution >= 0.6 is 0 Å². The molecule has 0 aromatic rings. The molecular formula is C57H107NO8. The maximum Gasteiger partial charge on any atom is 0.220 e. The summed E-state index contributed by atoms with van der Waals surface area (Å²) in [6.45, 7) is 3.78. The molecule has 7 atom stereocenters. The molecule has 0 bridgehead atoms. The highest BCUT2D eigenvalue weighted by Gasteiger charge is 2.44. The highest BCUT2D eigenvalue weighted by Crippen LogP contribution is 2.23. The Bertz CT molecular complexity index is 1130. The number of nitrogens with one attached hydrogen (secondary N) is 1. The van der Waals surface area contributed by atoms with Gasteiger partial charge in [0.1, 0.15) is 24.4 Å². The average molecular weight is 934 g/mol. The molecule has 0 aromatic heterocycles. The Balaban J connectivity index is 2.27. The summed E-state index contributed by atoms with van der Waals surface area (Å²) in [4.78, 5) is 13.0. The predicted octanol–water partition coefficient (Wildman–Crippen LogP) is 13.6. The molecule has 1 fully saturated rings. The van der Waals surface area contributed by atoms with E-state index in [2.05, 4.69) is 43.5 Å². The molecule has 1 heterocycles. The normalized spacial score (nSPS) is 20.0. The zero-order valence-electron chi connectivity index (χ0n) is 43.0. The molecule has 6 N–H and O–H groups in total. The van der Waals surface area contributed by atoms with Crippen LogP contribution in [0.5, 0.6) is 0 Å². The lowest BCUT2D eigenvalue weighted by Crippen LogP contribution is -2.60. The van der Waals surface area contributed by atoms with Gasteiger partial charge in [0.15, 0.2) is 6.29 Å². The van der Waals surface area contributed by atoms with E-state index in [4.69, 9.17) is 9.47 Å². The first-order valence-corrected chi connectivity index (χ1v) is 28.2. The Kier molecular flexibility index (Phi) is 44.6. The van der Waals surface area contributed by atoms with Crippen LogP contribution in [-0.2, 0) is 14.3 Å². The fraction of sp³-hybridized carbons (Fsp3) is 0.877. The van der Waals surface area contributed by atoms with Crippen molar-refractivity contribution in [1.29, 1.82) is 0 Å². The van der Waals surface area contributed by atoms with Gasteiger partial charge in [0.05, 0.1) is 25.4 Å². The van der Waals surface area contributed by atoms with Gasteiger partial charge < -0.3 is 40.3 Å². The standard InChI is InChI=1S/C57H107NO8/c1-3-5-7-9-11-13-15-17-19-21-22-23-24-25-26-27-28-29-31-32-34-36-38-40-42-44-46-51(60)50(49-65-57-56(64)55(63)54(62)52(48-59)66-57)58-53(61)47-45-43-41-39-37-35-33-30-20-18-16-14-12-10-8-6-4-2/h29,31,36,38,44,46,50-52,54-57,59-60,62-64H,3-28,30,32-35,37,39-43,45,47-49H2,1-2H3,(H,58,61)/b31-29+,38-36+,46-44+. The van der Waals surface area contributed by atoms with E-state index in [0.29, 0.717) is 6.42 Å². The molecular weight excluding hydrogens is 827 g/mol. The molecule has 66 heavy (non-hydrogen) atoms. The summed E-state index contributed by atoms with van der Waals surface area (Å²) in [6.07, 6.45) is 53.5. The van der Waals surface area contributed by atoms with Gasteiger partial charge in [-0.05, 0) is 44.9 Å². The van der Waals surface area contributed by atoms with Crippen LogP contribution in [0.2, 0.25) is 0 Å². The van der Waals surface area contributed by atoms with Gasteiger partial charge in [-0.2, -0.15) is 0 Å². The monoisotopic (exact) mass is 934 g/mol. The number of carbonyl (C=O) groups is 1. The number of amides is 1. The first-order valence-electron chi connectivity index (χ1n) is 28.2. The number of rotatable bonds is 48. The molecule has 388 valence electrons. The lowest BCUT2D eigenvalue weighted by molar-refractivity contribution is -0.302. The predicted molar refractivity (Wildman–Crippen MR) is 276 cm³/mol. The second kappa shape index (κ2) is 47.1. The van der Waals surface area contributed by atoms with Gasteiger partial charge in [0.25, 0.3) is 0 Å². The number of allylic oxidation sites excluding steroid dienone is 5. The van der Waals surface area contributed by atoms with E-state index in [1.807, 2.05) is 6.08 Å². The number of carbonyl (C=O) groups excluding carboxylic acids is 1. The van der Waals surface area contributed by atoms with Crippen LogP contribution < -0.4 is 5.32 Å².